The highest BCUT2D eigenvalue weighted by Crippen LogP contribution is 2.23. The summed E-state index contributed by atoms with van der Waals surface area (Å²) in [4.78, 5) is 16.3. The molecule has 0 spiro atoms. The third-order valence-electron chi connectivity index (χ3n) is 4.06. The summed E-state index contributed by atoms with van der Waals surface area (Å²) >= 11 is 1.56. The average molecular weight is 383 g/mol. The Hall–Kier alpha value is -1.56. The summed E-state index contributed by atoms with van der Waals surface area (Å²) in [5, 5.41) is 2.91. The Bertz CT molecular complexity index is 607. The van der Waals surface area contributed by atoms with Gasteiger partial charge in [-0.3, -0.25) is 4.90 Å². The average Bonchev–Trinajstić information content (AvgIpc) is 3.12. The Morgan fingerprint density at radius 1 is 1.20 bits per heavy atom. The van der Waals surface area contributed by atoms with Crippen molar-refractivity contribution in [2.75, 3.05) is 31.6 Å². The maximum atomic E-state index is 12.3. The van der Waals surface area contributed by atoms with Crippen molar-refractivity contribution < 1.29 is 9.53 Å². The maximum Gasteiger partial charge on any atom is 0.414 e. The third-order valence-corrected chi connectivity index (χ3v) is 4.95. The molecular weight excluding hydrogens is 356 g/mol. The molecule has 6 heteroatoms. The molecule has 4 nitrogen and oxygen atoms in total. The SMILES string of the molecule is CCOC(=O)N(CC(C)N(C)CCc1ccccc1)c1cccs1.Cl. The number of carbonyl (C=O) groups excluding carboxylic acids is 1. The molecule has 0 saturated heterocycles. The number of thiophene rings is 1. The zero-order valence-electron chi connectivity index (χ0n) is 15.1. The number of ether oxygens (including phenoxy) is 1. The van der Waals surface area contributed by atoms with Crippen molar-refractivity contribution in [1.29, 1.82) is 0 Å². The summed E-state index contributed by atoms with van der Waals surface area (Å²) in [6, 6.07) is 14.6. The van der Waals surface area contributed by atoms with E-state index < -0.39 is 0 Å². The highest BCUT2D eigenvalue weighted by Gasteiger charge is 2.22. The quantitative estimate of drug-likeness (QED) is 0.663. The molecule has 0 N–H and O–H groups in total. The highest BCUT2D eigenvalue weighted by atomic mass is 35.5. The molecule has 1 amide bonds. The predicted octanol–water partition coefficient (Wildman–Crippen LogP) is 4.70. The van der Waals surface area contributed by atoms with Crippen LogP contribution in [-0.2, 0) is 11.2 Å². The van der Waals surface area contributed by atoms with E-state index in [4.69, 9.17) is 4.74 Å². The van der Waals surface area contributed by atoms with Crippen LogP contribution in [0.5, 0.6) is 0 Å². The molecule has 1 heterocycles. The fourth-order valence-electron chi connectivity index (χ4n) is 2.45. The molecule has 2 rings (SSSR count). The van der Waals surface area contributed by atoms with Gasteiger partial charge in [-0.1, -0.05) is 30.3 Å². The van der Waals surface area contributed by atoms with Crippen LogP contribution in [0.3, 0.4) is 0 Å². The van der Waals surface area contributed by atoms with Gasteiger partial charge < -0.3 is 9.64 Å². The molecule has 25 heavy (non-hydrogen) atoms. The second-order valence-corrected chi connectivity index (χ2v) is 6.75. The van der Waals surface area contributed by atoms with E-state index in [1.165, 1.54) is 5.56 Å². The van der Waals surface area contributed by atoms with Gasteiger partial charge in [0.1, 0.15) is 5.00 Å². The van der Waals surface area contributed by atoms with Crippen LogP contribution in [0.2, 0.25) is 0 Å². The summed E-state index contributed by atoms with van der Waals surface area (Å²) < 4.78 is 5.21. The highest BCUT2D eigenvalue weighted by molar-refractivity contribution is 7.14. The largest absolute Gasteiger partial charge is 0.449 e. The minimum absolute atomic E-state index is 0. The van der Waals surface area contributed by atoms with Crippen molar-refractivity contribution in [3.63, 3.8) is 0 Å². The van der Waals surface area contributed by atoms with Crippen molar-refractivity contribution in [2.45, 2.75) is 26.3 Å². The van der Waals surface area contributed by atoms with Crippen molar-refractivity contribution >= 4 is 34.8 Å². The summed E-state index contributed by atoms with van der Waals surface area (Å²) in [7, 11) is 2.10. The van der Waals surface area contributed by atoms with Gasteiger partial charge in [-0.05, 0) is 50.4 Å². The summed E-state index contributed by atoms with van der Waals surface area (Å²) in [6.07, 6.45) is 0.725. The topological polar surface area (TPSA) is 32.8 Å². The smallest absolute Gasteiger partial charge is 0.414 e. The predicted molar refractivity (Wildman–Crippen MR) is 108 cm³/mol. The van der Waals surface area contributed by atoms with Crippen LogP contribution in [0, 0.1) is 0 Å². The Labute approximate surface area is 160 Å². The lowest BCUT2D eigenvalue weighted by Crippen LogP contribution is -2.43. The molecule has 1 aromatic heterocycles. The lowest BCUT2D eigenvalue weighted by Gasteiger charge is -2.30. The van der Waals surface area contributed by atoms with E-state index in [2.05, 4.69) is 43.1 Å². The lowest BCUT2D eigenvalue weighted by atomic mass is 10.1. The number of benzene rings is 1. The van der Waals surface area contributed by atoms with Crippen LogP contribution >= 0.6 is 23.7 Å². The number of amides is 1. The van der Waals surface area contributed by atoms with Gasteiger partial charge >= 0.3 is 6.09 Å². The van der Waals surface area contributed by atoms with Gasteiger partial charge in [0.2, 0.25) is 0 Å². The Kier molecular flexibility index (Phi) is 9.57. The minimum atomic E-state index is -0.275. The first-order chi connectivity index (χ1) is 11.6. The van der Waals surface area contributed by atoms with Crippen molar-refractivity contribution in [1.82, 2.24) is 4.90 Å². The van der Waals surface area contributed by atoms with Crippen molar-refractivity contribution in [3.05, 3.63) is 53.4 Å². The van der Waals surface area contributed by atoms with Gasteiger partial charge in [-0.2, -0.15) is 0 Å². The van der Waals surface area contributed by atoms with Gasteiger partial charge in [-0.25, -0.2) is 4.79 Å². The normalized spacial score (nSPS) is 11.7. The number of hydrogen-bond acceptors (Lipinski definition) is 4. The van der Waals surface area contributed by atoms with Gasteiger partial charge in [0, 0.05) is 19.1 Å². The molecule has 0 saturated carbocycles. The maximum absolute atomic E-state index is 12.3. The van der Waals surface area contributed by atoms with E-state index in [0.29, 0.717) is 13.2 Å². The second kappa shape index (κ2) is 11.1. The first-order valence-electron chi connectivity index (χ1n) is 8.33. The molecule has 0 aliphatic heterocycles. The van der Waals surface area contributed by atoms with E-state index >= 15 is 0 Å². The Morgan fingerprint density at radius 3 is 2.52 bits per heavy atom. The molecule has 0 fully saturated rings. The first kappa shape index (κ1) is 21.5. The Balaban J connectivity index is 0.00000312. The number of carbonyl (C=O) groups is 1. The van der Waals surface area contributed by atoms with Gasteiger partial charge in [0.05, 0.1) is 6.61 Å². The molecule has 0 radical (unpaired) electrons. The number of rotatable bonds is 8. The minimum Gasteiger partial charge on any atom is -0.449 e. The van der Waals surface area contributed by atoms with Gasteiger partial charge in [0.25, 0.3) is 0 Å². The second-order valence-electron chi connectivity index (χ2n) is 5.83. The van der Waals surface area contributed by atoms with E-state index in [9.17, 15) is 4.79 Å². The molecule has 138 valence electrons. The zero-order valence-corrected chi connectivity index (χ0v) is 16.7. The third kappa shape index (κ3) is 6.69. The molecule has 2 aromatic rings. The first-order valence-corrected chi connectivity index (χ1v) is 9.21. The molecule has 1 aromatic carbocycles. The number of anilines is 1. The van der Waals surface area contributed by atoms with E-state index in [0.717, 1.165) is 18.0 Å². The lowest BCUT2D eigenvalue weighted by molar-refractivity contribution is 0.156. The van der Waals surface area contributed by atoms with E-state index in [1.807, 2.05) is 30.5 Å². The number of likely N-dealkylation sites (N-methyl/N-ethyl adjacent to an activating group) is 1. The van der Waals surface area contributed by atoms with E-state index in [-0.39, 0.29) is 24.5 Å². The fourth-order valence-corrected chi connectivity index (χ4v) is 3.18. The Morgan fingerprint density at radius 2 is 1.92 bits per heavy atom. The molecule has 1 unspecified atom stereocenters. The van der Waals surface area contributed by atoms with E-state index in [1.54, 1.807) is 16.2 Å². The van der Waals surface area contributed by atoms with Crippen LogP contribution in [0.25, 0.3) is 0 Å². The van der Waals surface area contributed by atoms with Crippen LogP contribution in [0.15, 0.2) is 47.8 Å². The molecule has 0 bridgehead atoms. The van der Waals surface area contributed by atoms with Gasteiger partial charge in [0.15, 0.2) is 0 Å². The van der Waals surface area contributed by atoms with Crippen molar-refractivity contribution in [3.8, 4) is 0 Å². The standard InChI is InChI=1S/C19H26N2O2S.ClH/c1-4-23-19(22)21(18-11-8-14-24-18)15-16(2)20(3)13-12-17-9-6-5-7-10-17;/h5-11,14,16H,4,12-13,15H2,1-3H3;1H. The molecular formula is C19H27ClN2O2S. The molecule has 0 aliphatic carbocycles. The molecule has 1 atom stereocenters. The summed E-state index contributed by atoms with van der Waals surface area (Å²) in [5.41, 5.74) is 1.33. The molecule has 0 aliphatic rings. The summed E-state index contributed by atoms with van der Waals surface area (Å²) in [6.45, 7) is 5.93. The van der Waals surface area contributed by atoms with Crippen LogP contribution in [-0.4, -0.2) is 43.8 Å². The zero-order chi connectivity index (χ0) is 17.4. The van der Waals surface area contributed by atoms with Crippen LogP contribution < -0.4 is 4.90 Å². The number of nitrogens with zero attached hydrogens (tertiary/aromatic N) is 2. The number of halogens is 1. The summed E-state index contributed by atoms with van der Waals surface area (Å²) in [5.74, 6) is 0. The van der Waals surface area contributed by atoms with Crippen LogP contribution in [0.1, 0.15) is 19.4 Å². The van der Waals surface area contributed by atoms with Crippen molar-refractivity contribution in [2.24, 2.45) is 0 Å². The number of hydrogen-bond donors (Lipinski definition) is 0. The van der Waals surface area contributed by atoms with Gasteiger partial charge in [-0.15, -0.1) is 23.7 Å². The fraction of sp³-hybridized carbons (Fsp3) is 0.421. The monoisotopic (exact) mass is 382 g/mol. The van der Waals surface area contributed by atoms with Crippen LogP contribution in [0.4, 0.5) is 9.80 Å².